The third-order valence-corrected chi connectivity index (χ3v) is 5.52. The van der Waals surface area contributed by atoms with Gasteiger partial charge in [0.25, 0.3) is 5.91 Å². The molecule has 0 saturated carbocycles. The molecule has 1 N–H and O–H groups in total. The lowest BCUT2D eigenvalue weighted by Crippen LogP contribution is -2.43. The molecule has 8 heteroatoms. The molecule has 2 heterocycles. The van der Waals surface area contributed by atoms with Crippen LogP contribution in [0.1, 0.15) is 24.8 Å². The van der Waals surface area contributed by atoms with Crippen LogP contribution in [0, 0.1) is 0 Å². The highest BCUT2D eigenvalue weighted by Crippen LogP contribution is 2.34. The number of rotatable bonds is 6. The molecule has 1 aromatic heterocycles. The van der Waals surface area contributed by atoms with Crippen LogP contribution >= 0.6 is 11.6 Å². The van der Waals surface area contributed by atoms with Gasteiger partial charge in [-0.15, -0.1) is 0 Å². The van der Waals surface area contributed by atoms with Crippen LogP contribution in [0.2, 0.25) is 5.02 Å². The zero-order valence-electron chi connectivity index (χ0n) is 16.5. The monoisotopic (exact) mass is 425 g/mol. The largest absolute Gasteiger partial charge is 0.497 e. The summed E-state index contributed by atoms with van der Waals surface area (Å²) >= 11 is 5.92. The summed E-state index contributed by atoms with van der Waals surface area (Å²) in [4.78, 5) is 31.3. The summed E-state index contributed by atoms with van der Waals surface area (Å²) in [5.41, 5.74) is 0.368. The first-order chi connectivity index (χ1) is 14.5. The van der Waals surface area contributed by atoms with Crippen LogP contribution in [0.5, 0.6) is 5.75 Å². The van der Waals surface area contributed by atoms with E-state index in [1.54, 1.807) is 49.7 Å². The molecule has 1 saturated heterocycles. The van der Waals surface area contributed by atoms with Gasteiger partial charge in [-0.05, 0) is 48.4 Å². The summed E-state index contributed by atoms with van der Waals surface area (Å²) in [7, 11) is 1.57. The van der Waals surface area contributed by atoms with Gasteiger partial charge in [0.1, 0.15) is 17.8 Å². The minimum absolute atomic E-state index is 0.0594. The van der Waals surface area contributed by atoms with E-state index in [-0.39, 0.29) is 18.3 Å². The predicted molar refractivity (Wildman–Crippen MR) is 111 cm³/mol. The van der Waals surface area contributed by atoms with Crippen molar-refractivity contribution in [1.82, 2.24) is 15.2 Å². The van der Waals surface area contributed by atoms with E-state index in [9.17, 15) is 9.59 Å². The van der Waals surface area contributed by atoms with Crippen molar-refractivity contribution in [3.05, 3.63) is 71.2 Å². The van der Waals surface area contributed by atoms with Gasteiger partial charge in [0.2, 0.25) is 5.89 Å². The second kappa shape index (κ2) is 7.84. The van der Waals surface area contributed by atoms with E-state index >= 15 is 0 Å². The van der Waals surface area contributed by atoms with Gasteiger partial charge in [0.15, 0.2) is 5.76 Å². The van der Waals surface area contributed by atoms with Gasteiger partial charge in [-0.3, -0.25) is 9.69 Å². The molecule has 154 valence electrons. The van der Waals surface area contributed by atoms with Gasteiger partial charge in [-0.25, -0.2) is 9.78 Å². The third kappa shape index (κ3) is 3.41. The highest BCUT2D eigenvalue weighted by molar-refractivity contribution is 6.30. The summed E-state index contributed by atoms with van der Waals surface area (Å²) in [6, 6.07) is 13.7. The Hall–Kier alpha value is -3.32. The summed E-state index contributed by atoms with van der Waals surface area (Å²) in [6.07, 6.45) is 1.97. The Bertz CT molecular complexity index is 1080. The fourth-order valence-corrected chi connectivity index (χ4v) is 3.68. The number of amides is 3. The predicted octanol–water partition coefficient (Wildman–Crippen LogP) is 4.36. The van der Waals surface area contributed by atoms with E-state index in [4.69, 9.17) is 20.8 Å². The smallest absolute Gasteiger partial charge is 0.325 e. The lowest BCUT2D eigenvalue weighted by molar-refractivity contribution is -0.132. The van der Waals surface area contributed by atoms with E-state index < -0.39 is 11.6 Å². The molecule has 2 aromatic carbocycles. The van der Waals surface area contributed by atoms with Crippen molar-refractivity contribution in [2.24, 2.45) is 0 Å². The number of imide groups is 1. The normalized spacial score (nSPS) is 18.6. The van der Waals surface area contributed by atoms with Gasteiger partial charge < -0.3 is 14.5 Å². The van der Waals surface area contributed by atoms with E-state index in [0.717, 1.165) is 10.5 Å². The average molecular weight is 426 g/mol. The van der Waals surface area contributed by atoms with Crippen molar-refractivity contribution < 1.29 is 18.7 Å². The maximum atomic E-state index is 13.3. The number of aromatic nitrogens is 1. The molecule has 4 rings (SSSR count). The maximum Gasteiger partial charge on any atom is 0.325 e. The minimum Gasteiger partial charge on any atom is -0.497 e. The zero-order chi connectivity index (χ0) is 21.3. The second-order valence-corrected chi connectivity index (χ2v) is 7.37. The number of ether oxygens (including phenoxy) is 1. The van der Waals surface area contributed by atoms with Gasteiger partial charge >= 0.3 is 6.03 Å². The highest BCUT2D eigenvalue weighted by atomic mass is 35.5. The first-order valence-corrected chi connectivity index (χ1v) is 9.84. The van der Waals surface area contributed by atoms with E-state index in [1.165, 1.54) is 0 Å². The number of carbonyl (C=O) groups excluding carboxylic acids is 2. The fraction of sp³-hybridized carbons (Fsp3) is 0.227. The van der Waals surface area contributed by atoms with Crippen LogP contribution in [0.3, 0.4) is 0 Å². The number of halogens is 1. The number of nitrogens with one attached hydrogen (secondary N) is 1. The SMILES string of the molecule is CC[C@]1(c2ccc(OC)cc2)NC(=O)N(Cc2ncc(-c3ccc(Cl)cc3)o2)C1=O. The van der Waals surface area contributed by atoms with Crippen molar-refractivity contribution in [2.75, 3.05) is 7.11 Å². The van der Waals surface area contributed by atoms with E-state index in [2.05, 4.69) is 10.3 Å². The Balaban J connectivity index is 1.57. The van der Waals surface area contributed by atoms with Crippen molar-refractivity contribution >= 4 is 23.5 Å². The summed E-state index contributed by atoms with van der Waals surface area (Å²) < 4.78 is 10.9. The van der Waals surface area contributed by atoms with Gasteiger partial charge in [-0.1, -0.05) is 30.7 Å². The van der Waals surface area contributed by atoms with E-state index in [1.807, 2.05) is 19.1 Å². The molecule has 1 aliphatic heterocycles. The van der Waals surface area contributed by atoms with Crippen molar-refractivity contribution in [1.29, 1.82) is 0 Å². The zero-order valence-corrected chi connectivity index (χ0v) is 17.3. The van der Waals surface area contributed by atoms with Gasteiger partial charge in [0.05, 0.1) is 13.3 Å². The summed E-state index contributed by atoms with van der Waals surface area (Å²) in [5.74, 6) is 1.13. The summed E-state index contributed by atoms with van der Waals surface area (Å²) in [6.45, 7) is 1.80. The van der Waals surface area contributed by atoms with Crippen LogP contribution in [0.25, 0.3) is 11.3 Å². The molecule has 1 aliphatic rings. The average Bonchev–Trinajstić information content (AvgIpc) is 3.33. The van der Waals surface area contributed by atoms with Gasteiger partial charge in [-0.2, -0.15) is 0 Å². The van der Waals surface area contributed by atoms with Gasteiger partial charge in [0, 0.05) is 10.6 Å². The van der Waals surface area contributed by atoms with Crippen LogP contribution in [-0.2, 0) is 16.9 Å². The fourth-order valence-electron chi connectivity index (χ4n) is 3.55. The number of urea groups is 1. The first kappa shape index (κ1) is 20.0. The molecule has 30 heavy (non-hydrogen) atoms. The number of hydrogen-bond acceptors (Lipinski definition) is 5. The molecule has 3 amide bonds. The first-order valence-electron chi connectivity index (χ1n) is 9.46. The molecule has 1 atom stereocenters. The van der Waals surface area contributed by atoms with Crippen molar-refractivity contribution in [2.45, 2.75) is 25.4 Å². The molecular formula is C22H20ClN3O4. The number of hydrogen-bond donors (Lipinski definition) is 1. The molecule has 0 spiro atoms. The number of benzene rings is 2. The third-order valence-electron chi connectivity index (χ3n) is 5.26. The topological polar surface area (TPSA) is 84.7 Å². The minimum atomic E-state index is -1.13. The highest BCUT2D eigenvalue weighted by Gasteiger charge is 2.51. The molecule has 0 bridgehead atoms. The molecule has 0 unspecified atom stereocenters. The number of nitrogens with zero attached hydrogens (tertiary/aromatic N) is 2. The summed E-state index contributed by atoms with van der Waals surface area (Å²) in [5, 5.41) is 3.47. The van der Waals surface area contributed by atoms with Crippen LogP contribution in [0.15, 0.2) is 59.1 Å². The lowest BCUT2D eigenvalue weighted by atomic mass is 9.87. The molecule has 3 aromatic rings. The molecule has 0 aliphatic carbocycles. The number of methoxy groups -OCH3 is 1. The Morgan fingerprint density at radius 3 is 2.47 bits per heavy atom. The van der Waals surface area contributed by atoms with E-state index in [0.29, 0.717) is 28.5 Å². The van der Waals surface area contributed by atoms with Crippen molar-refractivity contribution in [3.63, 3.8) is 0 Å². The quantitative estimate of drug-likeness (QED) is 0.593. The maximum absolute atomic E-state index is 13.3. The van der Waals surface area contributed by atoms with Crippen LogP contribution in [-0.4, -0.2) is 28.9 Å². The molecule has 1 fully saturated rings. The standard InChI is InChI=1S/C22H20ClN3O4/c1-3-22(15-6-10-17(29-2)11-7-15)20(27)26(21(28)25-22)13-19-24-12-18(30-19)14-4-8-16(23)9-5-14/h4-12H,3,13H2,1-2H3,(H,25,28)/t22-/m1/s1. The number of carbonyl (C=O) groups is 2. The lowest BCUT2D eigenvalue weighted by Gasteiger charge is -2.25. The Morgan fingerprint density at radius 2 is 1.83 bits per heavy atom. The Labute approximate surface area is 178 Å². The molecule has 7 nitrogen and oxygen atoms in total. The second-order valence-electron chi connectivity index (χ2n) is 6.93. The molecule has 0 radical (unpaired) electrons. The van der Waals surface area contributed by atoms with Crippen LogP contribution < -0.4 is 10.1 Å². The Kier molecular flexibility index (Phi) is 5.22. The molecular weight excluding hydrogens is 406 g/mol. The van der Waals surface area contributed by atoms with Crippen molar-refractivity contribution in [3.8, 4) is 17.1 Å². The van der Waals surface area contributed by atoms with Crippen LogP contribution in [0.4, 0.5) is 4.79 Å². The Morgan fingerprint density at radius 1 is 1.13 bits per heavy atom. The number of oxazole rings is 1.